The Kier molecular flexibility index (Phi) is 6.53. The molecule has 0 aliphatic carbocycles. The smallest absolute Gasteiger partial charge is 0.0543 e. The monoisotopic (exact) mass is 263 g/mol. The third-order valence-corrected chi connectivity index (χ3v) is 4.02. The van der Waals surface area contributed by atoms with Crippen LogP contribution in [0.2, 0.25) is 0 Å². The second-order valence-corrected chi connectivity index (χ2v) is 5.69. The van der Waals surface area contributed by atoms with E-state index in [9.17, 15) is 0 Å². The Hall–Kier alpha value is -0.860. The lowest BCUT2D eigenvalue weighted by Crippen LogP contribution is -2.29. The van der Waals surface area contributed by atoms with E-state index in [1.54, 1.807) is 7.11 Å². The zero-order valence-corrected chi connectivity index (χ0v) is 13.3. The molecule has 108 valence electrons. The minimum atomic E-state index is 0.344. The first-order chi connectivity index (χ1) is 8.97. The van der Waals surface area contributed by atoms with Crippen molar-refractivity contribution in [2.75, 3.05) is 14.2 Å². The van der Waals surface area contributed by atoms with Crippen molar-refractivity contribution >= 4 is 0 Å². The van der Waals surface area contributed by atoms with Crippen LogP contribution in [0.5, 0.6) is 0 Å². The van der Waals surface area contributed by atoms with E-state index in [1.165, 1.54) is 22.3 Å². The summed E-state index contributed by atoms with van der Waals surface area (Å²) in [6, 6.07) is 5.09. The van der Waals surface area contributed by atoms with Gasteiger partial charge in [0.1, 0.15) is 0 Å². The summed E-state index contributed by atoms with van der Waals surface area (Å²) in [5.41, 5.74) is 5.68. The highest BCUT2D eigenvalue weighted by molar-refractivity contribution is 5.38. The Morgan fingerprint density at radius 1 is 1.11 bits per heavy atom. The Morgan fingerprint density at radius 3 is 2.16 bits per heavy atom. The predicted octanol–water partition coefficient (Wildman–Crippen LogP) is 3.56. The first kappa shape index (κ1) is 16.2. The third-order valence-electron chi connectivity index (χ3n) is 4.02. The van der Waals surface area contributed by atoms with E-state index in [0.717, 1.165) is 19.3 Å². The van der Waals surface area contributed by atoms with Crippen LogP contribution >= 0.6 is 0 Å². The molecule has 0 bridgehead atoms. The third kappa shape index (κ3) is 4.96. The normalized spacial score (nSPS) is 14.4. The lowest BCUT2D eigenvalue weighted by Gasteiger charge is -2.21. The Labute approximate surface area is 118 Å². The van der Waals surface area contributed by atoms with Crippen molar-refractivity contribution in [2.24, 2.45) is 0 Å². The van der Waals surface area contributed by atoms with Crippen LogP contribution in [0.4, 0.5) is 0 Å². The summed E-state index contributed by atoms with van der Waals surface area (Å²) in [5, 5.41) is 3.44. The molecule has 0 amide bonds. The molecular weight excluding hydrogens is 234 g/mol. The van der Waals surface area contributed by atoms with Gasteiger partial charge in [0.05, 0.1) is 6.10 Å². The van der Waals surface area contributed by atoms with Gasteiger partial charge in [-0.2, -0.15) is 0 Å². The van der Waals surface area contributed by atoms with E-state index in [1.807, 2.05) is 0 Å². The van der Waals surface area contributed by atoms with E-state index in [4.69, 9.17) is 4.74 Å². The average molecular weight is 263 g/mol. The largest absolute Gasteiger partial charge is 0.382 e. The van der Waals surface area contributed by atoms with Crippen molar-refractivity contribution in [2.45, 2.75) is 59.1 Å². The maximum absolute atomic E-state index is 5.33. The van der Waals surface area contributed by atoms with Gasteiger partial charge in [0.25, 0.3) is 0 Å². The van der Waals surface area contributed by atoms with Crippen molar-refractivity contribution in [1.29, 1.82) is 0 Å². The number of likely N-dealkylation sites (N-methyl/N-ethyl adjacent to an activating group) is 1. The van der Waals surface area contributed by atoms with E-state index in [2.05, 4.69) is 52.2 Å². The van der Waals surface area contributed by atoms with Crippen molar-refractivity contribution < 1.29 is 4.74 Å². The SMILES string of the molecule is CNC(CCC(C)OC)Cc1c(C)cc(C)cc1C. The molecule has 19 heavy (non-hydrogen) atoms. The minimum absolute atomic E-state index is 0.344. The van der Waals surface area contributed by atoms with Gasteiger partial charge in [-0.05, 0) is 70.7 Å². The molecule has 0 fully saturated rings. The van der Waals surface area contributed by atoms with Crippen LogP contribution in [-0.4, -0.2) is 26.3 Å². The van der Waals surface area contributed by atoms with Crippen LogP contribution < -0.4 is 5.32 Å². The summed E-state index contributed by atoms with van der Waals surface area (Å²) >= 11 is 0. The maximum atomic E-state index is 5.33. The topological polar surface area (TPSA) is 21.3 Å². The predicted molar refractivity (Wildman–Crippen MR) is 82.9 cm³/mol. The molecule has 0 aromatic heterocycles. The molecular formula is C17H29NO. The summed E-state index contributed by atoms with van der Waals surface area (Å²) < 4.78 is 5.33. The molecule has 0 aliphatic heterocycles. The summed E-state index contributed by atoms with van der Waals surface area (Å²) in [6.07, 6.45) is 3.70. The molecule has 0 saturated heterocycles. The molecule has 0 saturated carbocycles. The fourth-order valence-corrected chi connectivity index (χ4v) is 2.68. The molecule has 1 aromatic rings. The van der Waals surface area contributed by atoms with Crippen LogP contribution in [-0.2, 0) is 11.2 Å². The summed E-state index contributed by atoms with van der Waals surface area (Å²) in [5.74, 6) is 0. The first-order valence-corrected chi connectivity index (χ1v) is 7.24. The van der Waals surface area contributed by atoms with Gasteiger partial charge in [-0.25, -0.2) is 0 Å². The van der Waals surface area contributed by atoms with Gasteiger partial charge in [-0.1, -0.05) is 17.7 Å². The Balaban J connectivity index is 2.70. The molecule has 2 atom stereocenters. The summed E-state index contributed by atoms with van der Waals surface area (Å²) in [7, 11) is 3.84. The quantitative estimate of drug-likeness (QED) is 0.812. The molecule has 0 heterocycles. The van der Waals surface area contributed by atoms with E-state index in [0.29, 0.717) is 12.1 Å². The van der Waals surface area contributed by atoms with Crippen LogP contribution in [0.3, 0.4) is 0 Å². The summed E-state index contributed by atoms with van der Waals surface area (Å²) in [4.78, 5) is 0. The number of aryl methyl sites for hydroxylation is 3. The van der Waals surface area contributed by atoms with E-state index < -0.39 is 0 Å². The average Bonchev–Trinajstić information content (AvgIpc) is 2.36. The van der Waals surface area contributed by atoms with Crippen molar-refractivity contribution in [3.8, 4) is 0 Å². The van der Waals surface area contributed by atoms with Crippen LogP contribution in [0, 0.1) is 20.8 Å². The number of ether oxygens (including phenoxy) is 1. The highest BCUT2D eigenvalue weighted by atomic mass is 16.5. The highest BCUT2D eigenvalue weighted by Crippen LogP contribution is 2.19. The van der Waals surface area contributed by atoms with Gasteiger partial charge in [-0.3, -0.25) is 0 Å². The van der Waals surface area contributed by atoms with Crippen LogP contribution in [0.25, 0.3) is 0 Å². The lowest BCUT2D eigenvalue weighted by molar-refractivity contribution is 0.106. The minimum Gasteiger partial charge on any atom is -0.382 e. The molecule has 0 aliphatic rings. The standard InChI is InChI=1S/C17H29NO/c1-12-9-13(2)17(14(3)10-12)11-16(18-5)8-7-15(4)19-6/h9-10,15-16,18H,7-8,11H2,1-6H3. The number of methoxy groups -OCH3 is 1. The van der Waals surface area contributed by atoms with Crippen molar-refractivity contribution in [3.63, 3.8) is 0 Å². The molecule has 1 N–H and O–H groups in total. The van der Waals surface area contributed by atoms with E-state index in [-0.39, 0.29) is 0 Å². The summed E-state index contributed by atoms with van der Waals surface area (Å²) in [6.45, 7) is 8.74. The second-order valence-electron chi connectivity index (χ2n) is 5.69. The van der Waals surface area contributed by atoms with Crippen molar-refractivity contribution in [3.05, 3.63) is 34.4 Å². The van der Waals surface area contributed by atoms with E-state index >= 15 is 0 Å². The van der Waals surface area contributed by atoms with Gasteiger partial charge >= 0.3 is 0 Å². The van der Waals surface area contributed by atoms with Gasteiger partial charge in [0, 0.05) is 13.2 Å². The molecule has 2 nitrogen and oxygen atoms in total. The number of hydrogen-bond acceptors (Lipinski definition) is 2. The number of rotatable bonds is 7. The Morgan fingerprint density at radius 2 is 1.68 bits per heavy atom. The molecule has 0 radical (unpaired) electrons. The Bertz CT molecular complexity index is 377. The maximum Gasteiger partial charge on any atom is 0.0543 e. The van der Waals surface area contributed by atoms with Crippen LogP contribution in [0.1, 0.15) is 42.0 Å². The number of hydrogen-bond donors (Lipinski definition) is 1. The number of benzene rings is 1. The fraction of sp³-hybridized carbons (Fsp3) is 0.647. The molecule has 1 rings (SSSR count). The van der Waals surface area contributed by atoms with Gasteiger partial charge in [-0.15, -0.1) is 0 Å². The molecule has 2 unspecified atom stereocenters. The molecule has 2 heteroatoms. The zero-order chi connectivity index (χ0) is 14.4. The van der Waals surface area contributed by atoms with Gasteiger partial charge in [0.2, 0.25) is 0 Å². The van der Waals surface area contributed by atoms with Gasteiger partial charge < -0.3 is 10.1 Å². The van der Waals surface area contributed by atoms with Crippen LogP contribution in [0.15, 0.2) is 12.1 Å². The lowest BCUT2D eigenvalue weighted by atomic mass is 9.92. The highest BCUT2D eigenvalue weighted by Gasteiger charge is 2.13. The molecule has 0 spiro atoms. The number of nitrogens with one attached hydrogen (secondary N) is 1. The fourth-order valence-electron chi connectivity index (χ4n) is 2.68. The first-order valence-electron chi connectivity index (χ1n) is 7.24. The van der Waals surface area contributed by atoms with Gasteiger partial charge in [0.15, 0.2) is 0 Å². The zero-order valence-electron chi connectivity index (χ0n) is 13.3. The van der Waals surface area contributed by atoms with Crippen molar-refractivity contribution in [1.82, 2.24) is 5.32 Å². The molecule has 1 aromatic carbocycles. The second kappa shape index (κ2) is 7.66.